The number of nitrogens with zero attached hydrogens (tertiary/aromatic N) is 1. The van der Waals surface area contributed by atoms with Gasteiger partial charge in [-0.1, -0.05) is 70.0 Å². The van der Waals surface area contributed by atoms with Crippen LogP contribution in [0.2, 0.25) is 5.02 Å². The van der Waals surface area contributed by atoms with Crippen LogP contribution in [0, 0.1) is 0 Å². The van der Waals surface area contributed by atoms with E-state index in [9.17, 15) is 9.59 Å². The normalized spacial score (nSPS) is 11.5. The third-order valence-corrected chi connectivity index (χ3v) is 6.12. The van der Waals surface area contributed by atoms with Crippen LogP contribution in [-0.2, 0) is 22.6 Å². The molecule has 1 N–H and O–H groups in total. The summed E-state index contributed by atoms with van der Waals surface area (Å²) >= 11 is 9.40. The van der Waals surface area contributed by atoms with Crippen LogP contribution >= 0.6 is 27.5 Å². The molecule has 0 aliphatic heterocycles. The van der Waals surface area contributed by atoms with Crippen molar-refractivity contribution in [2.75, 3.05) is 13.7 Å². The van der Waals surface area contributed by atoms with Crippen LogP contribution in [0.4, 0.5) is 0 Å². The molecule has 0 radical (unpaired) electrons. The monoisotopic (exact) mass is 542 g/mol. The molecule has 0 saturated carbocycles. The van der Waals surface area contributed by atoms with E-state index in [-0.39, 0.29) is 18.2 Å². The first-order valence-electron chi connectivity index (χ1n) is 11.1. The van der Waals surface area contributed by atoms with Crippen LogP contribution in [-0.4, -0.2) is 36.4 Å². The van der Waals surface area contributed by atoms with Gasteiger partial charge in [0.15, 0.2) is 0 Å². The molecule has 5 nitrogen and oxygen atoms in total. The number of carbonyl (C=O) groups is 2. The van der Waals surface area contributed by atoms with Gasteiger partial charge in [0.05, 0.1) is 6.61 Å². The Morgan fingerprint density at radius 2 is 1.71 bits per heavy atom. The molecule has 3 aromatic carbocycles. The highest BCUT2D eigenvalue weighted by molar-refractivity contribution is 9.10. The third-order valence-electron chi connectivity index (χ3n) is 5.38. The van der Waals surface area contributed by atoms with E-state index in [0.717, 1.165) is 15.6 Å². The Hall–Kier alpha value is -2.83. The lowest BCUT2D eigenvalue weighted by molar-refractivity contribution is -0.141. The number of halogens is 2. The number of benzene rings is 3. The predicted octanol–water partition coefficient (Wildman–Crippen LogP) is 5.65. The molecule has 2 amide bonds. The van der Waals surface area contributed by atoms with E-state index in [1.807, 2.05) is 54.6 Å². The molecular formula is C27H28BrClN2O3. The van der Waals surface area contributed by atoms with Crippen molar-refractivity contribution in [3.05, 3.63) is 99.5 Å². The van der Waals surface area contributed by atoms with Gasteiger partial charge in [-0.2, -0.15) is 0 Å². The Morgan fingerprint density at radius 3 is 2.38 bits per heavy atom. The number of hydrogen-bond acceptors (Lipinski definition) is 3. The van der Waals surface area contributed by atoms with Gasteiger partial charge in [0.2, 0.25) is 11.8 Å². The molecule has 34 heavy (non-hydrogen) atoms. The summed E-state index contributed by atoms with van der Waals surface area (Å²) in [7, 11) is 1.60. The molecule has 1 atom stereocenters. The second-order valence-corrected chi connectivity index (χ2v) is 9.23. The smallest absolute Gasteiger partial charge is 0.242 e. The summed E-state index contributed by atoms with van der Waals surface area (Å²) in [4.78, 5) is 28.0. The van der Waals surface area contributed by atoms with Crippen molar-refractivity contribution in [2.24, 2.45) is 0 Å². The van der Waals surface area contributed by atoms with Crippen molar-refractivity contribution in [1.82, 2.24) is 10.2 Å². The van der Waals surface area contributed by atoms with Crippen LogP contribution in [0.1, 0.15) is 24.0 Å². The van der Waals surface area contributed by atoms with Crippen LogP contribution in [0.15, 0.2) is 83.3 Å². The minimum Gasteiger partial charge on any atom is -0.494 e. The average Bonchev–Trinajstić information content (AvgIpc) is 2.85. The van der Waals surface area contributed by atoms with Crippen LogP contribution in [0.3, 0.4) is 0 Å². The molecule has 3 rings (SSSR count). The van der Waals surface area contributed by atoms with Gasteiger partial charge in [0, 0.05) is 35.9 Å². The molecule has 0 aromatic heterocycles. The number of likely N-dealkylation sites (N-methyl/N-ethyl adjacent to an activating group) is 1. The summed E-state index contributed by atoms with van der Waals surface area (Å²) in [5.74, 6) is 0.420. The summed E-state index contributed by atoms with van der Waals surface area (Å²) in [6.45, 7) is 0.725. The summed E-state index contributed by atoms with van der Waals surface area (Å²) in [5.41, 5.74) is 1.94. The molecule has 0 saturated heterocycles. The maximum absolute atomic E-state index is 13.4. The quantitative estimate of drug-likeness (QED) is 0.318. The fourth-order valence-corrected chi connectivity index (χ4v) is 4.21. The molecule has 7 heteroatoms. The lowest BCUT2D eigenvalue weighted by Gasteiger charge is -2.31. The number of carbonyl (C=O) groups excluding carboxylic acids is 2. The van der Waals surface area contributed by atoms with E-state index in [2.05, 4.69) is 21.2 Å². The Bertz CT molecular complexity index is 1080. The van der Waals surface area contributed by atoms with Gasteiger partial charge in [0.1, 0.15) is 11.8 Å². The molecule has 0 aliphatic rings. The molecule has 0 fully saturated rings. The number of hydrogen-bond donors (Lipinski definition) is 1. The topological polar surface area (TPSA) is 58.6 Å². The molecule has 0 aliphatic carbocycles. The summed E-state index contributed by atoms with van der Waals surface area (Å²) in [6, 6.07) is 24.0. The highest BCUT2D eigenvalue weighted by Gasteiger charge is 2.29. The predicted molar refractivity (Wildman–Crippen MR) is 139 cm³/mol. The number of nitrogens with one attached hydrogen (secondary N) is 1. The van der Waals surface area contributed by atoms with Gasteiger partial charge in [-0.25, -0.2) is 0 Å². The van der Waals surface area contributed by atoms with E-state index in [4.69, 9.17) is 16.3 Å². The Balaban J connectivity index is 1.74. The Morgan fingerprint density at radius 1 is 1.00 bits per heavy atom. The zero-order chi connectivity index (χ0) is 24.3. The van der Waals surface area contributed by atoms with Crippen molar-refractivity contribution < 1.29 is 14.3 Å². The van der Waals surface area contributed by atoms with E-state index >= 15 is 0 Å². The van der Waals surface area contributed by atoms with Crippen molar-refractivity contribution >= 4 is 39.3 Å². The number of rotatable bonds is 11. The Labute approximate surface area is 214 Å². The zero-order valence-electron chi connectivity index (χ0n) is 19.0. The second kappa shape index (κ2) is 13.2. The Kier molecular flexibility index (Phi) is 9.98. The largest absolute Gasteiger partial charge is 0.494 e. The number of ether oxygens (including phenoxy) is 1. The molecule has 0 bridgehead atoms. The average molecular weight is 544 g/mol. The standard InChI is InChI=1S/C27H28BrClN2O3/c1-30-27(33)25(18-20-7-3-2-4-8-20)31(19-21-9-5-10-22(28)17-21)26(32)11-6-16-34-24-14-12-23(29)13-15-24/h2-5,7-10,12-15,17,25H,6,11,16,18-19H2,1H3,(H,30,33)/t25-/m0/s1. The molecule has 0 heterocycles. The van der Waals surface area contributed by atoms with E-state index in [1.54, 1.807) is 36.2 Å². The fourth-order valence-electron chi connectivity index (χ4n) is 3.64. The number of amides is 2. The summed E-state index contributed by atoms with van der Waals surface area (Å²) in [6.07, 6.45) is 1.23. The van der Waals surface area contributed by atoms with Gasteiger partial charge in [-0.05, 0) is 53.9 Å². The first kappa shape index (κ1) is 25.8. The molecule has 178 valence electrons. The van der Waals surface area contributed by atoms with Gasteiger partial charge in [-0.15, -0.1) is 0 Å². The minimum absolute atomic E-state index is 0.0933. The summed E-state index contributed by atoms with van der Waals surface area (Å²) < 4.78 is 6.66. The highest BCUT2D eigenvalue weighted by Crippen LogP contribution is 2.19. The minimum atomic E-state index is -0.629. The SMILES string of the molecule is CNC(=O)[C@H](Cc1ccccc1)N(Cc1cccc(Br)c1)C(=O)CCCOc1ccc(Cl)cc1. The summed E-state index contributed by atoms with van der Waals surface area (Å²) in [5, 5.41) is 3.38. The zero-order valence-corrected chi connectivity index (χ0v) is 21.4. The van der Waals surface area contributed by atoms with Crippen molar-refractivity contribution in [3.8, 4) is 5.75 Å². The highest BCUT2D eigenvalue weighted by atomic mass is 79.9. The first-order chi connectivity index (χ1) is 16.5. The first-order valence-corrected chi connectivity index (χ1v) is 12.3. The van der Waals surface area contributed by atoms with Gasteiger partial charge >= 0.3 is 0 Å². The van der Waals surface area contributed by atoms with Crippen molar-refractivity contribution in [1.29, 1.82) is 0 Å². The lowest BCUT2D eigenvalue weighted by atomic mass is 10.0. The van der Waals surface area contributed by atoms with Gasteiger partial charge < -0.3 is 15.0 Å². The van der Waals surface area contributed by atoms with Gasteiger partial charge in [0.25, 0.3) is 0 Å². The van der Waals surface area contributed by atoms with Crippen LogP contribution in [0.5, 0.6) is 5.75 Å². The van der Waals surface area contributed by atoms with Crippen molar-refractivity contribution in [3.63, 3.8) is 0 Å². The maximum Gasteiger partial charge on any atom is 0.242 e. The van der Waals surface area contributed by atoms with E-state index in [0.29, 0.717) is 36.8 Å². The molecule has 0 spiro atoms. The molecular weight excluding hydrogens is 516 g/mol. The maximum atomic E-state index is 13.4. The second-order valence-electron chi connectivity index (χ2n) is 7.88. The van der Waals surface area contributed by atoms with Crippen molar-refractivity contribution in [2.45, 2.75) is 31.8 Å². The molecule has 0 unspecified atom stereocenters. The van der Waals surface area contributed by atoms with E-state index in [1.165, 1.54) is 0 Å². The lowest BCUT2D eigenvalue weighted by Crippen LogP contribution is -2.49. The molecule has 3 aromatic rings. The van der Waals surface area contributed by atoms with Crippen LogP contribution < -0.4 is 10.1 Å². The fraction of sp³-hybridized carbons (Fsp3) is 0.259. The van der Waals surface area contributed by atoms with Gasteiger partial charge in [-0.3, -0.25) is 9.59 Å². The van der Waals surface area contributed by atoms with Crippen LogP contribution in [0.25, 0.3) is 0 Å². The third kappa shape index (κ3) is 7.89. The van der Waals surface area contributed by atoms with E-state index < -0.39 is 6.04 Å².